The highest BCUT2D eigenvalue weighted by Crippen LogP contribution is 2.37. The van der Waals surface area contributed by atoms with Crippen molar-refractivity contribution in [3.05, 3.63) is 35.7 Å². The number of rotatable bonds is 5. The molecule has 0 bridgehead atoms. The van der Waals surface area contributed by atoms with Gasteiger partial charge in [-0.05, 0) is 36.6 Å². The van der Waals surface area contributed by atoms with Gasteiger partial charge in [0.1, 0.15) is 0 Å². The molecule has 2 N–H and O–H groups in total. The largest absolute Gasteiger partial charge is 0.494 e. The van der Waals surface area contributed by atoms with Gasteiger partial charge < -0.3 is 15.2 Å². The standard InChI is InChI=1S/C17H22FNO3/c1-17(11-20)9-3-4-15(17)19-16(21)8-6-12-5-7-14(22-2)13(18)10-12/h5-8,10,15,20H,3-4,9,11H2,1-2H3,(H,19,21)/b8-6+. The van der Waals surface area contributed by atoms with E-state index in [4.69, 9.17) is 4.74 Å². The van der Waals surface area contributed by atoms with Gasteiger partial charge in [-0.2, -0.15) is 0 Å². The molecular weight excluding hydrogens is 285 g/mol. The summed E-state index contributed by atoms with van der Waals surface area (Å²) in [5.74, 6) is -0.525. The van der Waals surface area contributed by atoms with Crippen LogP contribution in [0.2, 0.25) is 0 Å². The van der Waals surface area contributed by atoms with Crippen LogP contribution in [0.5, 0.6) is 5.75 Å². The average molecular weight is 307 g/mol. The molecule has 0 radical (unpaired) electrons. The van der Waals surface area contributed by atoms with E-state index in [1.165, 1.54) is 25.3 Å². The van der Waals surface area contributed by atoms with Gasteiger partial charge in [-0.1, -0.05) is 19.4 Å². The first-order valence-electron chi connectivity index (χ1n) is 7.41. The maximum Gasteiger partial charge on any atom is 0.244 e. The van der Waals surface area contributed by atoms with Gasteiger partial charge in [0.25, 0.3) is 0 Å². The molecule has 1 aliphatic carbocycles. The number of amides is 1. The molecule has 1 aliphatic rings. The van der Waals surface area contributed by atoms with Crippen LogP contribution in [0.3, 0.4) is 0 Å². The van der Waals surface area contributed by atoms with Crippen LogP contribution in [0.1, 0.15) is 31.7 Å². The molecule has 0 spiro atoms. The lowest BCUT2D eigenvalue weighted by molar-refractivity contribution is -0.117. The number of carbonyl (C=O) groups excluding carboxylic acids is 1. The molecule has 2 atom stereocenters. The second kappa shape index (κ2) is 6.92. The molecule has 1 amide bonds. The number of methoxy groups -OCH3 is 1. The number of aliphatic hydroxyl groups excluding tert-OH is 1. The van der Waals surface area contributed by atoms with Gasteiger partial charge in [0.15, 0.2) is 11.6 Å². The van der Waals surface area contributed by atoms with Crippen molar-refractivity contribution >= 4 is 12.0 Å². The Morgan fingerprint density at radius 2 is 2.36 bits per heavy atom. The molecule has 1 aromatic carbocycles. The minimum absolute atomic E-state index is 0.0257. The summed E-state index contributed by atoms with van der Waals surface area (Å²) in [6.45, 7) is 2.04. The summed E-state index contributed by atoms with van der Waals surface area (Å²) in [7, 11) is 1.40. The van der Waals surface area contributed by atoms with Crippen molar-refractivity contribution in [2.24, 2.45) is 5.41 Å². The Morgan fingerprint density at radius 1 is 1.59 bits per heavy atom. The number of aliphatic hydroxyl groups is 1. The number of carbonyl (C=O) groups is 1. The highest BCUT2D eigenvalue weighted by Gasteiger charge is 2.38. The summed E-state index contributed by atoms with van der Waals surface area (Å²) in [6, 6.07) is 4.49. The fraction of sp³-hybridized carbons (Fsp3) is 0.471. The summed E-state index contributed by atoms with van der Waals surface area (Å²) < 4.78 is 18.4. The Balaban J connectivity index is 1.98. The van der Waals surface area contributed by atoms with Crippen LogP contribution in [-0.2, 0) is 4.79 Å². The first-order valence-corrected chi connectivity index (χ1v) is 7.41. The third-order valence-electron chi connectivity index (χ3n) is 4.36. The molecule has 0 saturated heterocycles. The Morgan fingerprint density at radius 3 is 3.00 bits per heavy atom. The highest BCUT2D eigenvalue weighted by atomic mass is 19.1. The van der Waals surface area contributed by atoms with Crippen LogP contribution in [0.25, 0.3) is 6.08 Å². The molecule has 1 fully saturated rings. The number of hydrogen-bond acceptors (Lipinski definition) is 3. The van der Waals surface area contributed by atoms with Gasteiger partial charge >= 0.3 is 0 Å². The van der Waals surface area contributed by atoms with Crippen molar-refractivity contribution in [1.29, 1.82) is 0 Å². The fourth-order valence-corrected chi connectivity index (χ4v) is 2.85. The van der Waals surface area contributed by atoms with E-state index in [9.17, 15) is 14.3 Å². The predicted molar refractivity (Wildman–Crippen MR) is 83.0 cm³/mol. The topological polar surface area (TPSA) is 58.6 Å². The summed E-state index contributed by atoms with van der Waals surface area (Å²) in [5.41, 5.74) is 0.334. The van der Waals surface area contributed by atoms with Gasteiger partial charge in [-0.25, -0.2) is 4.39 Å². The monoisotopic (exact) mass is 307 g/mol. The normalized spacial score (nSPS) is 24.6. The van der Waals surface area contributed by atoms with Crippen molar-refractivity contribution in [1.82, 2.24) is 5.32 Å². The van der Waals surface area contributed by atoms with Crippen LogP contribution in [0, 0.1) is 11.2 Å². The molecule has 0 aliphatic heterocycles. The van der Waals surface area contributed by atoms with Gasteiger partial charge in [-0.3, -0.25) is 4.79 Å². The highest BCUT2D eigenvalue weighted by molar-refractivity contribution is 5.92. The van der Waals surface area contributed by atoms with Crippen LogP contribution in [-0.4, -0.2) is 30.8 Å². The van der Waals surface area contributed by atoms with Crippen LogP contribution in [0.4, 0.5) is 4.39 Å². The lowest BCUT2D eigenvalue weighted by atomic mass is 9.86. The predicted octanol–water partition coefficient (Wildman–Crippen LogP) is 2.51. The Bertz CT molecular complexity index is 573. The van der Waals surface area contributed by atoms with Gasteiger partial charge in [0.05, 0.1) is 13.7 Å². The summed E-state index contributed by atoms with van der Waals surface area (Å²) in [5, 5.41) is 12.4. The lowest BCUT2D eigenvalue weighted by Gasteiger charge is -2.29. The molecule has 0 heterocycles. The van der Waals surface area contributed by atoms with Crippen molar-refractivity contribution in [2.45, 2.75) is 32.2 Å². The number of benzene rings is 1. The summed E-state index contributed by atoms with van der Waals surface area (Å²) in [6.07, 6.45) is 5.71. The number of nitrogens with one attached hydrogen (secondary N) is 1. The van der Waals surface area contributed by atoms with E-state index >= 15 is 0 Å². The lowest BCUT2D eigenvalue weighted by Crippen LogP contribution is -2.44. The average Bonchev–Trinajstić information content (AvgIpc) is 2.87. The smallest absolute Gasteiger partial charge is 0.244 e. The van der Waals surface area contributed by atoms with Crippen LogP contribution >= 0.6 is 0 Å². The molecule has 2 rings (SSSR count). The number of hydrogen-bond donors (Lipinski definition) is 2. The van der Waals surface area contributed by atoms with Crippen LogP contribution in [0.15, 0.2) is 24.3 Å². The Hall–Kier alpha value is -1.88. The van der Waals surface area contributed by atoms with Crippen molar-refractivity contribution < 1.29 is 19.0 Å². The summed E-state index contributed by atoms with van der Waals surface area (Å²) in [4.78, 5) is 12.0. The summed E-state index contributed by atoms with van der Waals surface area (Å²) >= 11 is 0. The van der Waals surface area contributed by atoms with E-state index in [1.807, 2.05) is 6.92 Å². The zero-order valence-corrected chi connectivity index (χ0v) is 12.9. The second-order valence-electron chi connectivity index (χ2n) is 5.99. The van der Waals surface area contributed by atoms with Gasteiger partial charge in [-0.15, -0.1) is 0 Å². The first-order chi connectivity index (χ1) is 10.5. The maximum atomic E-state index is 13.6. The molecule has 1 saturated carbocycles. The van der Waals surface area contributed by atoms with Crippen molar-refractivity contribution in [3.8, 4) is 5.75 Å². The van der Waals surface area contributed by atoms with Gasteiger partial charge in [0.2, 0.25) is 5.91 Å². The third kappa shape index (κ3) is 3.65. The third-order valence-corrected chi connectivity index (χ3v) is 4.36. The molecule has 5 heteroatoms. The van der Waals surface area contributed by atoms with E-state index in [0.29, 0.717) is 5.56 Å². The molecule has 22 heavy (non-hydrogen) atoms. The molecule has 120 valence electrons. The molecule has 0 aromatic heterocycles. The van der Waals surface area contributed by atoms with E-state index in [2.05, 4.69) is 5.32 Å². The van der Waals surface area contributed by atoms with Crippen molar-refractivity contribution in [2.75, 3.05) is 13.7 Å². The van der Waals surface area contributed by atoms with Crippen LogP contribution < -0.4 is 10.1 Å². The first kappa shape index (κ1) is 16.5. The molecule has 1 aromatic rings. The molecule has 2 unspecified atom stereocenters. The molecular formula is C17H22FNO3. The van der Waals surface area contributed by atoms with Crippen molar-refractivity contribution in [3.63, 3.8) is 0 Å². The molecule has 4 nitrogen and oxygen atoms in total. The minimum Gasteiger partial charge on any atom is -0.494 e. The second-order valence-corrected chi connectivity index (χ2v) is 5.99. The number of ether oxygens (including phenoxy) is 1. The van der Waals surface area contributed by atoms with Gasteiger partial charge in [0, 0.05) is 17.5 Å². The Kier molecular flexibility index (Phi) is 5.19. The van der Waals surface area contributed by atoms with E-state index in [0.717, 1.165) is 19.3 Å². The zero-order chi connectivity index (χ0) is 16.2. The fourth-order valence-electron chi connectivity index (χ4n) is 2.85. The number of halogens is 1. The van der Waals surface area contributed by atoms with E-state index in [1.54, 1.807) is 12.1 Å². The minimum atomic E-state index is -0.464. The quantitative estimate of drug-likeness (QED) is 0.822. The van der Waals surface area contributed by atoms with E-state index < -0.39 is 5.82 Å². The van der Waals surface area contributed by atoms with E-state index in [-0.39, 0.29) is 29.7 Å². The zero-order valence-electron chi connectivity index (χ0n) is 12.9. The Labute approximate surface area is 130 Å². The maximum absolute atomic E-state index is 13.6. The SMILES string of the molecule is COc1ccc(/C=C/C(=O)NC2CCCC2(C)CO)cc1F.